The van der Waals surface area contributed by atoms with E-state index in [4.69, 9.17) is 4.74 Å². The van der Waals surface area contributed by atoms with Crippen molar-refractivity contribution in [1.29, 1.82) is 0 Å². The predicted molar refractivity (Wildman–Crippen MR) is 74.0 cm³/mol. The Morgan fingerprint density at radius 3 is 2.72 bits per heavy atom. The summed E-state index contributed by atoms with van der Waals surface area (Å²) in [4.78, 5) is 0. The van der Waals surface area contributed by atoms with Crippen molar-refractivity contribution in [1.82, 2.24) is 0 Å². The van der Waals surface area contributed by atoms with Gasteiger partial charge in [-0.25, -0.2) is 0 Å². The fourth-order valence-corrected chi connectivity index (χ4v) is 2.96. The summed E-state index contributed by atoms with van der Waals surface area (Å²) in [6, 6.07) is 6.43. The van der Waals surface area contributed by atoms with Crippen molar-refractivity contribution in [3.63, 3.8) is 0 Å². The molecule has 0 bridgehead atoms. The molecule has 1 aromatic rings. The van der Waals surface area contributed by atoms with Gasteiger partial charge in [0.15, 0.2) is 0 Å². The zero-order chi connectivity index (χ0) is 13.0. The lowest BCUT2D eigenvalue weighted by Gasteiger charge is -2.27. The van der Waals surface area contributed by atoms with E-state index in [1.54, 1.807) is 7.11 Å². The molecule has 0 amide bonds. The highest BCUT2D eigenvalue weighted by atomic mass is 16.5. The highest BCUT2D eigenvalue weighted by molar-refractivity contribution is 5.37. The minimum atomic E-state index is -0.106. The smallest absolute Gasteiger partial charge is 0.122 e. The maximum absolute atomic E-state index is 10.0. The average molecular weight is 248 g/mol. The second kappa shape index (κ2) is 6.24. The molecular weight excluding hydrogens is 224 g/mol. The topological polar surface area (TPSA) is 29.5 Å². The van der Waals surface area contributed by atoms with Crippen LogP contribution in [0.3, 0.4) is 0 Å². The second-order valence-electron chi connectivity index (χ2n) is 5.32. The lowest BCUT2D eigenvalue weighted by atomic mass is 9.82. The van der Waals surface area contributed by atoms with Crippen molar-refractivity contribution in [2.75, 3.05) is 7.11 Å². The van der Waals surface area contributed by atoms with Gasteiger partial charge in [-0.15, -0.1) is 0 Å². The normalized spacial score (nSPS) is 23.9. The third-order valence-electron chi connectivity index (χ3n) is 4.09. The summed E-state index contributed by atoms with van der Waals surface area (Å²) in [7, 11) is 1.72. The third kappa shape index (κ3) is 3.05. The van der Waals surface area contributed by atoms with E-state index in [2.05, 4.69) is 25.1 Å². The standard InChI is InChI=1S/C16H24O2/c1-3-13-10-12(8-9-16(13)18-2)11-14-6-4-5-7-15(14)17/h8-10,14-15,17H,3-7,11H2,1-2H3. The number of hydrogen-bond acceptors (Lipinski definition) is 2. The Labute approximate surface area is 110 Å². The molecule has 2 unspecified atom stereocenters. The van der Waals surface area contributed by atoms with Gasteiger partial charge < -0.3 is 9.84 Å². The second-order valence-corrected chi connectivity index (χ2v) is 5.32. The average Bonchev–Trinajstić information content (AvgIpc) is 2.41. The number of aryl methyl sites for hydroxylation is 1. The Morgan fingerprint density at radius 1 is 1.28 bits per heavy atom. The molecule has 1 aliphatic carbocycles. The predicted octanol–water partition coefficient (Wildman–Crippen LogP) is 3.35. The van der Waals surface area contributed by atoms with E-state index in [0.29, 0.717) is 5.92 Å². The van der Waals surface area contributed by atoms with Crippen molar-refractivity contribution in [3.05, 3.63) is 29.3 Å². The largest absolute Gasteiger partial charge is 0.496 e. The molecule has 1 aliphatic rings. The fraction of sp³-hybridized carbons (Fsp3) is 0.625. The molecule has 1 N–H and O–H groups in total. The van der Waals surface area contributed by atoms with Gasteiger partial charge in [-0.05, 0) is 48.8 Å². The maximum atomic E-state index is 10.0. The Bertz CT molecular complexity index is 387. The van der Waals surface area contributed by atoms with Crippen LogP contribution in [0.15, 0.2) is 18.2 Å². The first-order chi connectivity index (χ1) is 8.74. The summed E-state index contributed by atoms with van der Waals surface area (Å²) in [5, 5.41) is 10.0. The number of rotatable bonds is 4. The molecule has 2 rings (SSSR count). The van der Waals surface area contributed by atoms with Gasteiger partial charge in [0.2, 0.25) is 0 Å². The minimum Gasteiger partial charge on any atom is -0.496 e. The Hall–Kier alpha value is -1.02. The van der Waals surface area contributed by atoms with Crippen molar-refractivity contribution in [3.8, 4) is 5.75 Å². The van der Waals surface area contributed by atoms with Gasteiger partial charge >= 0.3 is 0 Å². The molecule has 1 saturated carbocycles. The Balaban J connectivity index is 2.08. The van der Waals surface area contributed by atoms with Crippen LogP contribution in [0.25, 0.3) is 0 Å². The number of aliphatic hydroxyl groups excluding tert-OH is 1. The maximum Gasteiger partial charge on any atom is 0.122 e. The summed E-state index contributed by atoms with van der Waals surface area (Å²) < 4.78 is 5.35. The molecule has 100 valence electrons. The molecule has 0 radical (unpaired) electrons. The van der Waals surface area contributed by atoms with Crippen LogP contribution in [0, 0.1) is 5.92 Å². The molecule has 0 spiro atoms. The monoisotopic (exact) mass is 248 g/mol. The minimum absolute atomic E-state index is 0.106. The summed E-state index contributed by atoms with van der Waals surface area (Å²) >= 11 is 0. The van der Waals surface area contributed by atoms with Crippen LogP contribution < -0.4 is 4.74 Å². The number of methoxy groups -OCH3 is 1. The van der Waals surface area contributed by atoms with Crippen LogP contribution in [0.4, 0.5) is 0 Å². The van der Waals surface area contributed by atoms with Gasteiger partial charge in [0.1, 0.15) is 5.75 Å². The molecule has 1 fully saturated rings. The van der Waals surface area contributed by atoms with Crippen LogP contribution >= 0.6 is 0 Å². The van der Waals surface area contributed by atoms with Gasteiger partial charge in [0, 0.05) is 0 Å². The summed E-state index contributed by atoms with van der Waals surface area (Å²) in [5.41, 5.74) is 2.60. The van der Waals surface area contributed by atoms with Crippen molar-refractivity contribution < 1.29 is 9.84 Å². The number of ether oxygens (including phenoxy) is 1. The molecule has 1 aromatic carbocycles. The van der Waals surface area contributed by atoms with E-state index >= 15 is 0 Å². The van der Waals surface area contributed by atoms with Crippen molar-refractivity contribution in [2.45, 2.75) is 51.6 Å². The number of aliphatic hydroxyl groups is 1. The number of hydrogen-bond donors (Lipinski definition) is 1. The quantitative estimate of drug-likeness (QED) is 0.885. The lowest BCUT2D eigenvalue weighted by Crippen LogP contribution is -2.26. The molecule has 0 aromatic heterocycles. The molecule has 2 atom stereocenters. The summed E-state index contributed by atoms with van der Waals surface area (Å²) in [6.07, 6.45) is 6.46. The Kier molecular flexibility index (Phi) is 4.65. The molecule has 0 heterocycles. The van der Waals surface area contributed by atoms with Gasteiger partial charge in [-0.3, -0.25) is 0 Å². The lowest BCUT2D eigenvalue weighted by molar-refractivity contribution is 0.0700. The molecule has 18 heavy (non-hydrogen) atoms. The number of benzene rings is 1. The van der Waals surface area contributed by atoms with Gasteiger partial charge in [0.05, 0.1) is 13.2 Å². The summed E-state index contributed by atoms with van der Waals surface area (Å²) in [6.45, 7) is 2.15. The zero-order valence-corrected chi connectivity index (χ0v) is 11.5. The molecule has 2 nitrogen and oxygen atoms in total. The zero-order valence-electron chi connectivity index (χ0n) is 11.5. The van der Waals surface area contributed by atoms with Gasteiger partial charge in [-0.2, -0.15) is 0 Å². The summed E-state index contributed by atoms with van der Waals surface area (Å²) in [5.74, 6) is 1.42. The van der Waals surface area contributed by atoms with E-state index in [9.17, 15) is 5.11 Å². The van der Waals surface area contributed by atoms with E-state index in [0.717, 1.165) is 31.4 Å². The Morgan fingerprint density at radius 2 is 2.06 bits per heavy atom. The first kappa shape index (κ1) is 13.4. The van der Waals surface area contributed by atoms with E-state index in [1.807, 2.05) is 0 Å². The molecule has 0 saturated heterocycles. The highest BCUT2D eigenvalue weighted by Crippen LogP contribution is 2.29. The van der Waals surface area contributed by atoms with Crippen LogP contribution in [0.5, 0.6) is 5.75 Å². The SMILES string of the molecule is CCc1cc(CC2CCCCC2O)ccc1OC. The third-order valence-corrected chi connectivity index (χ3v) is 4.09. The van der Waals surface area contributed by atoms with Crippen LogP contribution in [0.1, 0.15) is 43.7 Å². The van der Waals surface area contributed by atoms with Crippen LogP contribution in [-0.2, 0) is 12.8 Å². The van der Waals surface area contributed by atoms with Crippen LogP contribution in [-0.4, -0.2) is 18.3 Å². The molecular formula is C16H24O2. The van der Waals surface area contributed by atoms with E-state index < -0.39 is 0 Å². The molecule has 2 heteroatoms. The van der Waals surface area contributed by atoms with Crippen molar-refractivity contribution >= 4 is 0 Å². The molecule has 0 aliphatic heterocycles. The van der Waals surface area contributed by atoms with Gasteiger partial charge in [0.25, 0.3) is 0 Å². The fourth-order valence-electron chi connectivity index (χ4n) is 2.96. The van der Waals surface area contributed by atoms with E-state index in [1.165, 1.54) is 24.0 Å². The first-order valence-corrected chi connectivity index (χ1v) is 7.08. The van der Waals surface area contributed by atoms with E-state index in [-0.39, 0.29) is 6.10 Å². The van der Waals surface area contributed by atoms with Gasteiger partial charge in [-0.1, -0.05) is 31.9 Å². The highest BCUT2D eigenvalue weighted by Gasteiger charge is 2.23. The van der Waals surface area contributed by atoms with Crippen molar-refractivity contribution in [2.24, 2.45) is 5.92 Å². The first-order valence-electron chi connectivity index (χ1n) is 7.08. The van der Waals surface area contributed by atoms with Crippen LogP contribution in [0.2, 0.25) is 0 Å².